The van der Waals surface area contributed by atoms with E-state index < -0.39 is 0 Å². The van der Waals surface area contributed by atoms with Gasteiger partial charge >= 0.3 is 0 Å². The first-order chi connectivity index (χ1) is 10.8. The van der Waals surface area contributed by atoms with Crippen LogP contribution in [-0.4, -0.2) is 45.4 Å². The molecule has 0 unspecified atom stereocenters. The number of anilines is 1. The zero-order valence-corrected chi connectivity index (χ0v) is 12.6. The van der Waals surface area contributed by atoms with Gasteiger partial charge in [-0.15, -0.1) is 0 Å². The molecule has 0 amide bonds. The van der Waals surface area contributed by atoms with Crippen LogP contribution in [0.1, 0.15) is 6.92 Å². The van der Waals surface area contributed by atoms with Crippen LogP contribution in [0, 0.1) is 0 Å². The monoisotopic (exact) mass is 300 g/mol. The maximum absolute atomic E-state index is 5.47. The molecule has 3 aromatic rings. The summed E-state index contributed by atoms with van der Waals surface area (Å²) in [5.74, 6) is 1.82. The second kappa shape index (κ2) is 5.84. The average Bonchev–Trinajstić information content (AvgIpc) is 2.97. The molecule has 8 nitrogen and oxygen atoms in total. The van der Waals surface area contributed by atoms with Crippen molar-refractivity contribution in [3.05, 3.63) is 24.8 Å². The van der Waals surface area contributed by atoms with E-state index >= 15 is 0 Å². The van der Waals surface area contributed by atoms with E-state index in [0.29, 0.717) is 35.2 Å². The van der Waals surface area contributed by atoms with Gasteiger partial charge in [0.2, 0.25) is 5.65 Å². The summed E-state index contributed by atoms with van der Waals surface area (Å²) in [6.07, 6.45) is 4.90. The van der Waals surface area contributed by atoms with Gasteiger partial charge in [0.1, 0.15) is 19.2 Å². The molecule has 0 atom stereocenters. The Morgan fingerprint density at radius 2 is 2.14 bits per heavy atom. The van der Waals surface area contributed by atoms with Gasteiger partial charge in [-0.3, -0.25) is 4.98 Å². The molecule has 0 saturated heterocycles. The highest BCUT2D eigenvalue weighted by molar-refractivity contribution is 5.84. The van der Waals surface area contributed by atoms with Crippen LogP contribution in [0.5, 0.6) is 5.75 Å². The number of fused-ring (bicyclic) bond motifs is 1. The molecule has 0 bridgehead atoms. The van der Waals surface area contributed by atoms with Gasteiger partial charge in [-0.2, -0.15) is 4.73 Å². The van der Waals surface area contributed by atoms with E-state index in [4.69, 9.17) is 9.57 Å². The second-order valence-electron chi connectivity index (χ2n) is 4.41. The largest absolute Gasteiger partial charge is 0.492 e. The van der Waals surface area contributed by atoms with Crippen molar-refractivity contribution in [1.29, 1.82) is 0 Å². The third-order valence-electron chi connectivity index (χ3n) is 3.08. The van der Waals surface area contributed by atoms with Crippen molar-refractivity contribution in [2.24, 2.45) is 0 Å². The van der Waals surface area contributed by atoms with Crippen LogP contribution >= 0.6 is 0 Å². The van der Waals surface area contributed by atoms with Crippen molar-refractivity contribution in [2.45, 2.75) is 6.92 Å². The Hall–Kier alpha value is -2.90. The lowest BCUT2D eigenvalue weighted by atomic mass is 10.2. The summed E-state index contributed by atoms with van der Waals surface area (Å²) in [5.41, 5.74) is 1.98. The van der Waals surface area contributed by atoms with Crippen molar-refractivity contribution in [1.82, 2.24) is 24.7 Å². The number of rotatable bonds is 5. The molecule has 3 aromatic heterocycles. The zero-order valence-electron chi connectivity index (χ0n) is 12.6. The average molecular weight is 300 g/mol. The van der Waals surface area contributed by atoms with E-state index in [9.17, 15) is 0 Å². The predicted octanol–water partition coefficient (Wildman–Crippen LogP) is 1.39. The number of hydrogen-bond donors (Lipinski definition) is 1. The molecule has 0 radical (unpaired) electrons. The molecule has 0 saturated carbocycles. The Kier molecular flexibility index (Phi) is 3.73. The number of nitrogens with one attached hydrogen (secondary N) is 1. The van der Waals surface area contributed by atoms with E-state index in [-0.39, 0.29) is 0 Å². The first kappa shape index (κ1) is 14.1. The van der Waals surface area contributed by atoms with Crippen molar-refractivity contribution < 1.29 is 9.57 Å². The molecule has 114 valence electrons. The second-order valence-corrected chi connectivity index (χ2v) is 4.41. The van der Waals surface area contributed by atoms with Gasteiger partial charge in [-0.25, -0.2) is 15.0 Å². The summed E-state index contributed by atoms with van der Waals surface area (Å²) in [4.78, 5) is 22.6. The zero-order chi connectivity index (χ0) is 15.5. The van der Waals surface area contributed by atoms with Crippen molar-refractivity contribution >= 4 is 17.0 Å². The van der Waals surface area contributed by atoms with Crippen LogP contribution in [-0.2, 0) is 0 Å². The Bertz CT molecular complexity index is 801. The van der Waals surface area contributed by atoms with Crippen molar-refractivity contribution in [2.75, 3.05) is 26.1 Å². The minimum Gasteiger partial charge on any atom is -0.492 e. The number of pyridine rings is 1. The fraction of sp³-hybridized carbons (Fsp3) is 0.286. The van der Waals surface area contributed by atoms with Crippen LogP contribution in [0.2, 0.25) is 0 Å². The van der Waals surface area contributed by atoms with Gasteiger partial charge in [0.25, 0.3) is 0 Å². The molecular weight excluding hydrogens is 284 g/mol. The molecule has 3 rings (SSSR count). The molecule has 0 aliphatic heterocycles. The highest BCUT2D eigenvalue weighted by Gasteiger charge is 2.14. The minimum atomic E-state index is 0.518. The first-order valence-corrected chi connectivity index (χ1v) is 6.82. The normalized spacial score (nSPS) is 10.7. The fourth-order valence-electron chi connectivity index (χ4n) is 2.10. The van der Waals surface area contributed by atoms with Crippen LogP contribution in [0.4, 0.5) is 5.82 Å². The summed E-state index contributed by atoms with van der Waals surface area (Å²) in [7, 11) is 3.34. The summed E-state index contributed by atoms with van der Waals surface area (Å²) in [5, 5.41) is 3.02. The third-order valence-corrected chi connectivity index (χ3v) is 3.08. The molecule has 8 heteroatoms. The molecule has 1 N–H and O–H groups in total. The van der Waals surface area contributed by atoms with Crippen molar-refractivity contribution in [3.63, 3.8) is 0 Å². The molecule has 22 heavy (non-hydrogen) atoms. The molecule has 0 aromatic carbocycles. The number of nitrogens with zero attached hydrogens (tertiary/aromatic N) is 5. The van der Waals surface area contributed by atoms with E-state index in [1.54, 1.807) is 32.9 Å². The Morgan fingerprint density at radius 3 is 2.86 bits per heavy atom. The fourth-order valence-corrected chi connectivity index (χ4v) is 2.10. The highest BCUT2D eigenvalue weighted by Crippen LogP contribution is 2.25. The molecule has 0 aliphatic carbocycles. The van der Waals surface area contributed by atoms with Crippen LogP contribution < -0.4 is 14.9 Å². The lowest BCUT2D eigenvalue weighted by Gasteiger charge is -2.08. The number of hydrogen-bond acceptors (Lipinski definition) is 7. The van der Waals surface area contributed by atoms with E-state index in [2.05, 4.69) is 25.3 Å². The molecule has 3 heterocycles. The summed E-state index contributed by atoms with van der Waals surface area (Å²) >= 11 is 0. The van der Waals surface area contributed by atoms with E-state index in [1.165, 1.54) is 4.73 Å². The standard InChI is InChI=1S/C14H16N6O2/c1-4-22-10-5-9(6-16-7-10)12-18-13(15-2)11-14(19-12)20(21-3)8-17-11/h5-8H,4H2,1-3H3,(H,15,18,19). The lowest BCUT2D eigenvalue weighted by molar-refractivity contribution is 0.176. The number of imidazole rings is 1. The van der Waals surface area contributed by atoms with Gasteiger partial charge in [-0.1, -0.05) is 0 Å². The van der Waals surface area contributed by atoms with Gasteiger partial charge < -0.3 is 14.9 Å². The Morgan fingerprint density at radius 1 is 1.27 bits per heavy atom. The molecule has 0 fully saturated rings. The quantitative estimate of drug-likeness (QED) is 0.761. The minimum absolute atomic E-state index is 0.518. The Balaban J connectivity index is 2.15. The molecule has 0 spiro atoms. The van der Waals surface area contributed by atoms with Gasteiger partial charge in [-0.05, 0) is 13.0 Å². The predicted molar refractivity (Wildman–Crippen MR) is 81.8 cm³/mol. The Labute approximate surface area is 127 Å². The van der Waals surface area contributed by atoms with E-state index in [0.717, 1.165) is 5.56 Å². The molecular formula is C14H16N6O2. The highest BCUT2D eigenvalue weighted by atomic mass is 16.6. The van der Waals surface area contributed by atoms with E-state index in [1.807, 2.05) is 13.0 Å². The lowest BCUT2D eigenvalue weighted by Crippen LogP contribution is -2.06. The number of ether oxygens (including phenoxy) is 1. The molecule has 0 aliphatic rings. The van der Waals surface area contributed by atoms with Crippen LogP contribution in [0.25, 0.3) is 22.6 Å². The SMILES string of the molecule is CCOc1cncc(-c2nc(NC)c3ncn(OC)c3n2)c1. The summed E-state index contributed by atoms with van der Waals surface area (Å²) in [6.45, 7) is 2.49. The first-order valence-electron chi connectivity index (χ1n) is 6.82. The maximum atomic E-state index is 5.47. The van der Waals surface area contributed by atoms with Crippen LogP contribution in [0.3, 0.4) is 0 Å². The summed E-state index contributed by atoms with van der Waals surface area (Å²) in [6, 6.07) is 1.85. The van der Waals surface area contributed by atoms with Gasteiger partial charge in [0, 0.05) is 18.8 Å². The van der Waals surface area contributed by atoms with Crippen molar-refractivity contribution in [3.8, 4) is 17.1 Å². The topological polar surface area (TPSA) is 87.0 Å². The summed E-state index contributed by atoms with van der Waals surface area (Å²) < 4.78 is 6.95. The third kappa shape index (κ3) is 2.39. The van der Waals surface area contributed by atoms with Gasteiger partial charge in [0.15, 0.2) is 17.2 Å². The van der Waals surface area contributed by atoms with Gasteiger partial charge in [0.05, 0.1) is 12.8 Å². The number of aromatic nitrogens is 5. The maximum Gasteiger partial charge on any atom is 0.201 e. The smallest absolute Gasteiger partial charge is 0.201 e. The van der Waals surface area contributed by atoms with Crippen LogP contribution in [0.15, 0.2) is 24.8 Å².